The molecule has 3 rings (SSSR count). The van der Waals surface area contributed by atoms with E-state index < -0.39 is 17.2 Å². The summed E-state index contributed by atoms with van der Waals surface area (Å²) in [6.07, 6.45) is 3.94. The Bertz CT molecular complexity index is 1220. The molecule has 0 spiro atoms. The number of hydrogen-bond donors (Lipinski definition) is 1. The maximum absolute atomic E-state index is 12.5. The van der Waals surface area contributed by atoms with Gasteiger partial charge in [-0.1, -0.05) is 19.9 Å². The maximum atomic E-state index is 12.5. The molecule has 2 aromatic heterocycles. The Morgan fingerprint density at radius 2 is 1.94 bits per heavy atom. The molecule has 180 valence electrons. The van der Waals surface area contributed by atoms with Crippen LogP contribution in [0.25, 0.3) is 22.2 Å². The third-order valence-electron chi connectivity index (χ3n) is 5.38. The van der Waals surface area contributed by atoms with Crippen molar-refractivity contribution in [1.82, 2.24) is 14.9 Å². The molecule has 3 aromatic rings. The van der Waals surface area contributed by atoms with Gasteiger partial charge >= 0.3 is 6.09 Å². The first-order chi connectivity index (χ1) is 15.9. The number of alkyl carbamates (subject to hydrolysis) is 1. The van der Waals surface area contributed by atoms with Gasteiger partial charge in [-0.15, -0.1) is 0 Å². The van der Waals surface area contributed by atoms with Gasteiger partial charge in [0.05, 0.1) is 22.1 Å². The van der Waals surface area contributed by atoms with E-state index in [1.807, 2.05) is 75.8 Å². The number of fused-ring (bicyclic) bond motifs is 1. The number of nitrogens with one attached hydrogen (secondary N) is 1. The van der Waals surface area contributed by atoms with E-state index in [4.69, 9.17) is 9.47 Å². The van der Waals surface area contributed by atoms with Gasteiger partial charge in [0, 0.05) is 25.0 Å². The second-order valence-corrected chi connectivity index (χ2v) is 10.4. The number of rotatable bonds is 7. The fourth-order valence-corrected chi connectivity index (χ4v) is 4.20. The summed E-state index contributed by atoms with van der Waals surface area (Å²) in [7, 11) is 1.98. The van der Waals surface area contributed by atoms with Crippen LogP contribution in [0.3, 0.4) is 0 Å². The predicted octanol–water partition coefficient (Wildman–Crippen LogP) is 5.82. The molecule has 0 fully saturated rings. The lowest BCUT2D eigenvalue weighted by molar-refractivity contribution is 0.0408. The van der Waals surface area contributed by atoms with Crippen molar-refractivity contribution in [2.24, 2.45) is 13.0 Å². The van der Waals surface area contributed by atoms with Crippen LogP contribution in [0.1, 0.15) is 53.5 Å². The van der Waals surface area contributed by atoms with Crippen LogP contribution in [0.4, 0.5) is 4.79 Å². The van der Waals surface area contributed by atoms with Crippen LogP contribution in [0.15, 0.2) is 42.7 Å². The summed E-state index contributed by atoms with van der Waals surface area (Å²) >= 11 is 0. The summed E-state index contributed by atoms with van der Waals surface area (Å²) in [6.45, 7) is 11.8. The summed E-state index contributed by atoms with van der Waals surface area (Å²) < 4.78 is 13.6. The van der Waals surface area contributed by atoms with Crippen molar-refractivity contribution in [2.75, 3.05) is 6.61 Å². The van der Waals surface area contributed by atoms with Crippen LogP contribution in [0, 0.1) is 17.2 Å². The number of aromatic nitrogens is 2. The normalized spacial score (nSPS) is 13.4. The van der Waals surface area contributed by atoms with Crippen molar-refractivity contribution in [3.8, 4) is 22.9 Å². The third kappa shape index (κ3) is 6.07. The molecule has 0 radical (unpaired) electrons. The van der Waals surface area contributed by atoms with Gasteiger partial charge in [-0.3, -0.25) is 4.98 Å². The van der Waals surface area contributed by atoms with Crippen molar-refractivity contribution in [3.63, 3.8) is 0 Å². The van der Waals surface area contributed by atoms with E-state index in [1.54, 1.807) is 6.20 Å². The Morgan fingerprint density at radius 1 is 1.21 bits per heavy atom. The minimum atomic E-state index is -0.664. The SMILES string of the molecule is CC(C)CC(C)(COc1ccc(-c2ccnc3ccn(C)c23)cc1C#N)NC(=O)OC(C)(C)C. The molecular weight excluding hydrogens is 428 g/mol. The van der Waals surface area contributed by atoms with Crippen LogP contribution in [0.5, 0.6) is 5.75 Å². The second kappa shape index (κ2) is 9.76. The fraction of sp³-hybridized carbons (Fsp3) is 0.444. The zero-order valence-corrected chi connectivity index (χ0v) is 21.1. The van der Waals surface area contributed by atoms with Crippen molar-refractivity contribution < 1.29 is 14.3 Å². The minimum Gasteiger partial charge on any atom is -0.490 e. The summed E-state index contributed by atoms with van der Waals surface area (Å²) in [4.78, 5) is 16.9. The van der Waals surface area contributed by atoms with Gasteiger partial charge in [-0.2, -0.15) is 5.26 Å². The second-order valence-electron chi connectivity index (χ2n) is 10.4. The highest BCUT2D eigenvalue weighted by molar-refractivity contribution is 5.92. The van der Waals surface area contributed by atoms with E-state index >= 15 is 0 Å². The highest BCUT2D eigenvalue weighted by Crippen LogP contribution is 2.32. The lowest BCUT2D eigenvalue weighted by Gasteiger charge is -2.33. The Labute approximate surface area is 201 Å². The number of carbonyl (C=O) groups excluding carboxylic acids is 1. The molecule has 0 saturated carbocycles. The maximum Gasteiger partial charge on any atom is 0.408 e. The van der Waals surface area contributed by atoms with Crippen LogP contribution < -0.4 is 10.1 Å². The van der Waals surface area contributed by atoms with Crippen molar-refractivity contribution >= 4 is 17.1 Å². The van der Waals surface area contributed by atoms with E-state index in [9.17, 15) is 10.1 Å². The molecule has 0 bridgehead atoms. The van der Waals surface area contributed by atoms with Crippen LogP contribution in [0.2, 0.25) is 0 Å². The Morgan fingerprint density at radius 3 is 2.59 bits per heavy atom. The summed E-state index contributed by atoms with van der Waals surface area (Å²) in [6, 6.07) is 11.8. The van der Waals surface area contributed by atoms with Gasteiger partial charge in [-0.05, 0) is 69.9 Å². The Kier molecular flexibility index (Phi) is 7.21. The molecule has 1 atom stereocenters. The number of nitrogens with zero attached hydrogens (tertiary/aromatic N) is 3. The average molecular weight is 463 g/mol. The van der Waals surface area contributed by atoms with Gasteiger partial charge in [0.1, 0.15) is 24.0 Å². The molecular formula is C27H34N4O3. The minimum absolute atomic E-state index is 0.204. The van der Waals surface area contributed by atoms with E-state index in [-0.39, 0.29) is 6.61 Å². The van der Waals surface area contributed by atoms with E-state index in [1.165, 1.54) is 0 Å². The first kappa shape index (κ1) is 25.1. The average Bonchev–Trinajstić information content (AvgIpc) is 3.11. The molecule has 7 heteroatoms. The van der Waals surface area contributed by atoms with E-state index in [2.05, 4.69) is 30.2 Å². The highest BCUT2D eigenvalue weighted by atomic mass is 16.6. The predicted molar refractivity (Wildman–Crippen MR) is 134 cm³/mol. The van der Waals surface area contributed by atoms with Gasteiger partial charge in [0.25, 0.3) is 0 Å². The number of nitriles is 1. The molecule has 2 heterocycles. The number of amides is 1. The number of carbonyl (C=O) groups is 1. The third-order valence-corrected chi connectivity index (χ3v) is 5.38. The van der Waals surface area contributed by atoms with Crippen molar-refractivity contribution in [1.29, 1.82) is 5.26 Å². The molecule has 1 aromatic carbocycles. The molecule has 1 unspecified atom stereocenters. The van der Waals surface area contributed by atoms with E-state index in [0.29, 0.717) is 23.7 Å². The number of benzene rings is 1. The first-order valence-corrected chi connectivity index (χ1v) is 11.5. The lowest BCUT2D eigenvalue weighted by atomic mass is 9.91. The molecule has 7 nitrogen and oxygen atoms in total. The molecule has 0 aliphatic rings. The monoisotopic (exact) mass is 462 g/mol. The Balaban J connectivity index is 1.84. The van der Waals surface area contributed by atoms with Crippen LogP contribution >= 0.6 is 0 Å². The van der Waals surface area contributed by atoms with Gasteiger partial charge < -0.3 is 19.4 Å². The van der Waals surface area contributed by atoms with Gasteiger partial charge in [-0.25, -0.2) is 4.79 Å². The van der Waals surface area contributed by atoms with Gasteiger partial charge in [0.2, 0.25) is 0 Å². The highest BCUT2D eigenvalue weighted by Gasteiger charge is 2.31. The molecule has 0 aliphatic carbocycles. The first-order valence-electron chi connectivity index (χ1n) is 11.5. The standard InChI is InChI=1S/C27H34N4O3/c1-18(2)15-27(6,30-25(32)34-26(3,4)5)17-33-23-9-8-19(14-20(23)16-28)21-10-12-29-22-11-13-31(7)24(21)22/h8-14,18H,15,17H2,1-7H3,(H,30,32). The largest absolute Gasteiger partial charge is 0.490 e. The summed E-state index contributed by atoms with van der Waals surface area (Å²) in [5, 5.41) is 12.8. The molecule has 1 amide bonds. The number of ether oxygens (including phenoxy) is 2. The number of hydrogen-bond acceptors (Lipinski definition) is 5. The quantitative estimate of drug-likeness (QED) is 0.478. The number of aryl methyl sites for hydroxylation is 1. The fourth-order valence-electron chi connectivity index (χ4n) is 4.20. The van der Waals surface area contributed by atoms with Crippen LogP contribution in [-0.2, 0) is 11.8 Å². The van der Waals surface area contributed by atoms with Gasteiger partial charge in [0.15, 0.2) is 0 Å². The lowest BCUT2D eigenvalue weighted by Crippen LogP contribution is -2.52. The van der Waals surface area contributed by atoms with Crippen molar-refractivity contribution in [3.05, 3.63) is 48.3 Å². The molecule has 0 aliphatic heterocycles. The summed E-state index contributed by atoms with van der Waals surface area (Å²) in [5.74, 6) is 0.796. The Hall–Kier alpha value is -3.53. The molecule has 0 saturated heterocycles. The zero-order chi connectivity index (χ0) is 25.1. The van der Waals surface area contributed by atoms with Crippen molar-refractivity contribution in [2.45, 2.75) is 59.1 Å². The smallest absolute Gasteiger partial charge is 0.408 e. The molecule has 1 N–H and O–H groups in total. The van der Waals surface area contributed by atoms with Crippen LogP contribution in [-0.4, -0.2) is 33.4 Å². The summed E-state index contributed by atoms with van der Waals surface area (Å²) in [5.41, 5.74) is 2.99. The number of pyridine rings is 1. The molecule has 34 heavy (non-hydrogen) atoms. The zero-order valence-electron chi connectivity index (χ0n) is 21.1. The topological polar surface area (TPSA) is 89.2 Å². The van der Waals surface area contributed by atoms with E-state index in [0.717, 1.165) is 22.2 Å².